The van der Waals surface area contributed by atoms with Crippen molar-refractivity contribution < 1.29 is 39.2 Å². The molecule has 1 fully saturated rings. The Morgan fingerprint density at radius 1 is 1.16 bits per heavy atom. The molecule has 1 aromatic rings. The van der Waals surface area contributed by atoms with Gasteiger partial charge in [0.05, 0.1) is 12.7 Å². The third-order valence-corrected chi connectivity index (χ3v) is 6.88. The van der Waals surface area contributed by atoms with Crippen molar-refractivity contribution in [3.05, 3.63) is 46.2 Å². The summed E-state index contributed by atoms with van der Waals surface area (Å²) in [6, 6.07) is 6.28. The summed E-state index contributed by atoms with van der Waals surface area (Å²) in [7, 11) is 1.01. The molecule has 9 nitrogen and oxygen atoms in total. The van der Waals surface area contributed by atoms with Crippen LogP contribution in [0.3, 0.4) is 0 Å². The molecule has 9 heteroatoms. The summed E-state index contributed by atoms with van der Waals surface area (Å²) in [5.41, 5.74) is -5.08. The first-order chi connectivity index (χ1) is 15.0. The number of hydrogen-bond donors (Lipinski definition) is 3. The molecule has 32 heavy (non-hydrogen) atoms. The Balaban J connectivity index is 2.08. The Labute approximate surface area is 183 Å². The molecule has 0 amide bonds. The third kappa shape index (κ3) is 2.46. The topological polar surface area (TPSA) is 154 Å². The van der Waals surface area contributed by atoms with Crippen molar-refractivity contribution >= 4 is 23.5 Å². The number of fused-ring (bicyclic) bond motifs is 3. The van der Waals surface area contributed by atoms with Crippen molar-refractivity contribution in [2.24, 2.45) is 10.8 Å². The number of aliphatic hydroxyl groups excluding tert-OH is 2. The second-order valence-electron chi connectivity index (χ2n) is 9.01. The molecule has 3 atom stereocenters. The molecule has 0 saturated heterocycles. The summed E-state index contributed by atoms with van der Waals surface area (Å²) < 4.78 is 9.93. The number of rotatable bonds is 1. The number of carbonyl (C=O) groups excluding carboxylic acids is 3. The van der Waals surface area contributed by atoms with Crippen molar-refractivity contribution in [3.63, 3.8) is 0 Å². The van der Waals surface area contributed by atoms with Crippen LogP contribution in [0.4, 0.5) is 4.79 Å². The number of nitriles is 1. The van der Waals surface area contributed by atoms with E-state index in [1.165, 1.54) is 13.0 Å². The van der Waals surface area contributed by atoms with Crippen LogP contribution in [0.1, 0.15) is 37.8 Å². The number of phenols is 1. The highest BCUT2D eigenvalue weighted by Gasteiger charge is 2.71. The standard InChI is InChI=1S/C23H21NO8/c1-21-7-11-5-4-6-13(25)15(11)17(27)16(21)19(29)23(32-20(30)31-3)18(28)12(9-24)14(26)8-22(23,2)10-21/h4-6,25,27-28H,7-8,10H2,1-3H3/t21-,22+,23+/m0/s1. The molecule has 0 unspecified atom stereocenters. The van der Waals surface area contributed by atoms with Gasteiger partial charge in [-0.25, -0.2) is 4.79 Å². The Morgan fingerprint density at radius 3 is 2.47 bits per heavy atom. The predicted molar refractivity (Wildman–Crippen MR) is 108 cm³/mol. The van der Waals surface area contributed by atoms with E-state index < -0.39 is 51.2 Å². The van der Waals surface area contributed by atoms with Gasteiger partial charge < -0.3 is 24.8 Å². The van der Waals surface area contributed by atoms with Crippen LogP contribution < -0.4 is 0 Å². The first-order valence-corrected chi connectivity index (χ1v) is 9.89. The lowest BCUT2D eigenvalue weighted by molar-refractivity contribution is -0.169. The highest BCUT2D eigenvalue weighted by molar-refractivity contribution is 6.15. The maximum Gasteiger partial charge on any atom is 0.509 e. The van der Waals surface area contributed by atoms with Gasteiger partial charge in [-0.05, 0) is 24.5 Å². The first-order valence-electron chi connectivity index (χ1n) is 9.89. The first kappa shape index (κ1) is 21.4. The van der Waals surface area contributed by atoms with Crippen molar-refractivity contribution in [2.75, 3.05) is 7.11 Å². The molecule has 0 heterocycles. The summed E-state index contributed by atoms with van der Waals surface area (Å²) in [6.45, 7) is 3.25. The van der Waals surface area contributed by atoms with Crippen LogP contribution in [-0.2, 0) is 25.5 Å². The number of carbonyl (C=O) groups is 3. The third-order valence-electron chi connectivity index (χ3n) is 6.88. The molecular formula is C23H21NO8. The minimum atomic E-state index is -2.45. The number of phenolic OH excluding ortho intramolecular Hbond substituents is 1. The quantitative estimate of drug-likeness (QED) is 0.560. The highest BCUT2D eigenvalue weighted by Crippen LogP contribution is 2.63. The van der Waals surface area contributed by atoms with Crippen LogP contribution in [0.2, 0.25) is 0 Å². The predicted octanol–water partition coefficient (Wildman–Crippen LogP) is 3.03. The van der Waals surface area contributed by atoms with Gasteiger partial charge in [-0.1, -0.05) is 26.0 Å². The Bertz CT molecular complexity index is 1200. The Kier molecular flexibility index (Phi) is 4.42. The number of aliphatic hydroxyl groups is 2. The number of allylic oxidation sites excluding steroid dienone is 1. The molecule has 4 rings (SSSR count). The van der Waals surface area contributed by atoms with Crippen LogP contribution in [-0.4, -0.2) is 45.8 Å². The van der Waals surface area contributed by atoms with Crippen LogP contribution >= 0.6 is 0 Å². The fourth-order valence-corrected chi connectivity index (χ4v) is 5.73. The minimum absolute atomic E-state index is 0.0474. The summed E-state index contributed by atoms with van der Waals surface area (Å²) in [6.07, 6.45) is -1.36. The van der Waals surface area contributed by atoms with Gasteiger partial charge >= 0.3 is 6.16 Å². The monoisotopic (exact) mass is 439 g/mol. The molecule has 0 spiro atoms. The fraction of sp³-hybridized carbons (Fsp3) is 0.391. The maximum absolute atomic E-state index is 14.0. The lowest BCUT2D eigenvalue weighted by Crippen LogP contribution is -2.66. The maximum atomic E-state index is 14.0. The van der Waals surface area contributed by atoms with Gasteiger partial charge in [-0.2, -0.15) is 5.26 Å². The van der Waals surface area contributed by atoms with Crippen molar-refractivity contribution in [2.45, 2.75) is 38.7 Å². The van der Waals surface area contributed by atoms with Gasteiger partial charge in [-0.3, -0.25) is 9.59 Å². The largest absolute Gasteiger partial charge is 0.509 e. The van der Waals surface area contributed by atoms with Gasteiger partial charge in [0, 0.05) is 22.8 Å². The van der Waals surface area contributed by atoms with Gasteiger partial charge in [0.25, 0.3) is 0 Å². The Hall–Kier alpha value is -3.80. The van der Waals surface area contributed by atoms with Gasteiger partial charge in [0.1, 0.15) is 23.2 Å². The molecule has 1 aromatic carbocycles. The summed E-state index contributed by atoms with van der Waals surface area (Å²) in [5.74, 6) is -3.38. The number of hydrogen-bond acceptors (Lipinski definition) is 9. The van der Waals surface area contributed by atoms with E-state index in [2.05, 4.69) is 4.74 Å². The van der Waals surface area contributed by atoms with Crippen molar-refractivity contribution in [1.29, 1.82) is 5.26 Å². The molecule has 3 N–H and O–H groups in total. The van der Waals surface area contributed by atoms with E-state index in [0.29, 0.717) is 5.56 Å². The number of Topliss-reactive ketones (excluding diaryl/α,β-unsaturated/α-hetero) is 2. The second-order valence-corrected chi connectivity index (χ2v) is 9.01. The van der Waals surface area contributed by atoms with E-state index >= 15 is 0 Å². The van der Waals surface area contributed by atoms with E-state index in [-0.39, 0.29) is 36.1 Å². The summed E-state index contributed by atoms with van der Waals surface area (Å²) >= 11 is 0. The minimum Gasteiger partial charge on any atom is -0.507 e. The zero-order valence-corrected chi connectivity index (χ0v) is 17.7. The molecule has 0 bridgehead atoms. The molecule has 0 aliphatic heterocycles. The normalized spacial score (nSPS) is 31.3. The number of ketones is 2. The van der Waals surface area contributed by atoms with Gasteiger partial charge in [0.2, 0.25) is 11.4 Å². The smallest absolute Gasteiger partial charge is 0.507 e. The average Bonchev–Trinajstić information content (AvgIpc) is 2.69. The van der Waals surface area contributed by atoms with Crippen LogP contribution in [0.15, 0.2) is 35.1 Å². The molecule has 1 saturated carbocycles. The number of aromatic hydroxyl groups is 1. The lowest BCUT2D eigenvalue weighted by Gasteiger charge is -2.56. The van der Waals surface area contributed by atoms with E-state index in [1.807, 2.05) is 0 Å². The molecule has 166 valence electrons. The molecule has 3 aliphatic rings. The number of ether oxygens (including phenoxy) is 2. The second kappa shape index (κ2) is 6.60. The lowest BCUT2D eigenvalue weighted by atomic mass is 9.47. The number of benzene rings is 1. The summed E-state index contributed by atoms with van der Waals surface area (Å²) in [4.78, 5) is 38.9. The Morgan fingerprint density at radius 2 is 1.84 bits per heavy atom. The fourth-order valence-electron chi connectivity index (χ4n) is 5.73. The molecule has 0 radical (unpaired) electrons. The SMILES string of the molecule is COC(=O)O[C@]12C(=O)C3=C(O)c4c(O)cccc4C[C@@]3(C)C[C@@]1(C)CC(=O)C(C#N)=C2O. The van der Waals surface area contributed by atoms with Gasteiger partial charge in [-0.15, -0.1) is 0 Å². The molecular weight excluding hydrogens is 418 g/mol. The van der Waals surface area contributed by atoms with E-state index in [0.717, 1.165) is 7.11 Å². The van der Waals surface area contributed by atoms with Crippen molar-refractivity contribution in [1.82, 2.24) is 0 Å². The molecule has 0 aromatic heterocycles. The van der Waals surface area contributed by atoms with E-state index in [9.17, 15) is 35.0 Å². The van der Waals surface area contributed by atoms with E-state index in [4.69, 9.17) is 4.74 Å². The van der Waals surface area contributed by atoms with E-state index in [1.54, 1.807) is 25.1 Å². The zero-order chi connectivity index (χ0) is 23.6. The average molecular weight is 439 g/mol. The van der Waals surface area contributed by atoms with Gasteiger partial charge in [0.15, 0.2) is 11.5 Å². The zero-order valence-electron chi connectivity index (χ0n) is 17.7. The molecule has 3 aliphatic carbocycles. The number of nitrogens with zero attached hydrogens (tertiary/aromatic N) is 1. The van der Waals surface area contributed by atoms with Crippen LogP contribution in [0.5, 0.6) is 5.75 Å². The number of methoxy groups -OCH3 is 1. The van der Waals surface area contributed by atoms with Crippen LogP contribution in [0, 0.1) is 22.2 Å². The highest BCUT2D eigenvalue weighted by atomic mass is 16.7. The van der Waals surface area contributed by atoms with Crippen LogP contribution in [0.25, 0.3) is 5.76 Å². The van der Waals surface area contributed by atoms with Crippen molar-refractivity contribution in [3.8, 4) is 11.8 Å². The summed E-state index contributed by atoms with van der Waals surface area (Å²) in [5, 5.41) is 41.9.